The minimum Gasteiger partial charge on any atom is -0.458 e. The molecule has 0 aliphatic carbocycles. The number of aryl methyl sites for hydroxylation is 1. The Bertz CT molecular complexity index is 711. The van der Waals surface area contributed by atoms with E-state index in [1.165, 1.54) is 0 Å². The monoisotopic (exact) mass is 331 g/mol. The van der Waals surface area contributed by atoms with Crippen molar-refractivity contribution >= 4 is 11.5 Å². The first-order chi connectivity index (χ1) is 11.5. The number of fused-ring (bicyclic) bond motifs is 1. The molecule has 2 aromatic rings. The first kappa shape index (κ1) is 16.9. The summed E-state index contributed by atoms with van der Waals surface area (Å²) < 4.78 is 13.1. The number of hydrogen-bond donors (Lipinski definition) is 0. The van der Waals surface area contributed by atoms with Crippen molar-refractivity contribution in [2.24, 2.45) is 5.92 Å². The van der Waals surface area contributed by atoms with Gasteiger partial charge in [0.15, 0.2) is 5.69 Å². The van der Waals surface area contributed by atoms with E-state index in [2.05, 4.69) is 23.7 Å². The van der Waals surface area contributed by atoms with E-state index < -0.39 is 5.97 Å². The molecule has 1 atom stereocenters. The highest BCUT2D eigenvalue weighted by molar-refractivity contribution is 5.95. The van der Waals surface area contributed by atoms with Gasteiger partial charge in [-0.1, -0.05) is 19.9 Å². The number of imidazole rings is 1. The van der Waals surface area contributed by atoms with Gasteiger partial charge in [-0.25, -0.2) is 9.78 Å². The molecule has 1 fully saturated rings. The molecule has 24 heavy (non-hydrogen) atoms. The molecule has 0 radical (unpaired) electrons. The maximum atomic E-state index is 12.4. The first-order valence-corrected chi connectivity index (χ1v) is 8.49. The lowest BCUT2D eigenvalue weighted by atomic mass is 10.2. The van der Waals surface area contributed by atoms with Crippen molar-refractivity contribution in [2.75, 3.05) is 32.8 Å². The SMILES string of the molecule is Cc1nc(C(=O)OC[C@H]2CN(CC(C)C)CCO2)c2ccccn12. The fraction of sp³-hybridized carbons (Fsp3) is 0.556. The van der Waals surface area contributed by atoms with Crippen molar-refractivity contribution in [3.63, 3.8) is 0 Å². The number of aromatic nitrogens is 2. The van der Waals surface area contributed by atoms with Crippen LogP contribution in [0.2, 0.25) is 0 Å². The molecule has 0 unspecified atom stereocenters. The normalized spacial score (nSPS) is 19.1. The zero-order chi connectivity index (χ0) is 17.1. The number of rotatable bonds is 5. The fourth-order valence-electron chi connectivity index (χ4n) is 3.14. The Morgan fingerprint density at radius 3 is 3.08 bits per heavy atom. The summed E-state index contributed by atoms with van der Waals surface area (Å²) in [7, 11) is 0. The lowest BCUT2D eigenvalue weighted by Gasteiger charge is -2.33. The number of hydrogen-bond acceptors (Lipinski definition) is 5. The highest BCUT2D eigenvalue weighted by Gasteiger charge is 2.24. The predicted octanol–water partition coefficient (Wildman–Crippen LogP) is 2.16. The molecule has 3 heterocycles. The van der Waals surface area contributed by atoms with Gasteiger partial charge in [-0.2, -0.15) is 0 Å². The lowest BCUT2D eigenvalue weighted by molar-refractivity contribution is -0.0613. The number of esters is 1. The summed E-state index contributed by atoms with van der Waals surface area (Å²) >= 11 is 0. The summed E-state index contributed by atoms with van der Waals surface area (Å²) in [5, 5.41) is 0. The minimum absolute atomic E-state index is 0.0728. The highest BCUT2D eigenvalue weighted by atomic mass is 16.6. The molecule has 0 spiro atoms. The van der Waals surface area contributed by atoms with Crippen molar-refractivity contribution in [1.82, 2.24) is 14.3 Å². The standard InChI is InChI=1S/C18H25N3O3/c1-13(2)10-20-8-9-23-15(11-20)12-24-18(22)17-16-6-4-5-7-21(16)14(3)19-17/h4-7,13,15H,8-12H2,1-3H3/t15-/m1/s1. The summed E-state index contributed by atoms with van der Waals surface area (Å²) in [6.45, 7) is 10.0. The van der Waals surface area contributed by atoms with E-state index in [9.17, 15) is 4.79 Å². The van der Waals surface area contributed by atoms with Crippen molar-refractivity contribution in [3.8, 4) is 0 Å². The van der Waals surface area contributed by atoms with Crippen LogP contribution in [0.25, 0.3) is 5.52 Å². The zero-order valence-corrected chi connectivity index (χ0v) is 14.6. The van der Waals surface area contributed by atoms with Crippen LogP contribution < -0.4 is 0 Å². The van der Waals surface area contributed by atoms with Gasteiger partial charge in [0.1, 0.15) is 18.5 Å². The third kappa shape index (κ3) is 3.76. The number of nitrogens with zero attached hydrogens (tertiary/aromatic N) is 3. The first-order valence-electron chi connectivity index (χ1n) is 8.49. The van der Waals surface area contributed by atoms with Gasteiger partial charge in [0.2, 0.25) is 0 Å². The summed E-state index contributed by atoms with van der Waals surface area (Å²) in [6, 6.07) is 5.68. The maximum Gasteiger partial charge on any atom is 0.359 e. The van der Waals surface area contributed by atoms with Gasteiger partial charge in [0.05, 0.1) is 12.1 Å². The molecular weight excluding hydrogens is 306 g/mol. The molecule has 1 aliphatic rings. The molecule has 6 heteroatoms. The third-order valence-electron chi connectivity index (χ3n) is 4.16. The van der Waals surface area contributed by atoms with Gasteiger partial charge in [0.25, 0.3) is 0 Å². The van der Waals surface area contributed by atoms with E-state index in [1.54, 1.807) is 0 Å². The van der Waals surface area contributed by atoms with Crippen molar-refractivity contribution < 1.29 is 14.3 Å². The number of morpholine rings is 1. The predicted molar refractivity (Wildman–Crippen MR) is 91.2 cm³/mol. The van der Waals surface area contributed by atoms with Crippen molar-refractivity contribution in [3.05, 3.63) is 35.9 Å². The fourth-order valence-corrected chi connectivity index (χ4v) is 3.14. The molecule has 0 saturated carbocycles. The van der Waals surface area contributed by atoms with Crippen molar-refractivity contribution in [1.29, 1.82) is 0 Å². The van der Waals surface area contributed by atoms with Crippen molar-refractivity contribution in [2.45, 2.75) is 26.9 Å². The third-order valence-corrected chi connectivity index (χ3v) is 4.16. The van der Waals surface area contributed by atoms with Gasteiger partial charge in [-0.3, -0.25) is 4.90 Å². The number of pyridine rings is 1. The van der Waals surface area contributed by atoms with Gasteiger partial charge in [-0.05, 0) is 25.0 Å². The van der Waals surface area contributed by atoms with Gasteiger partial charge < -0.3 is 13.9 Å². The highest BCUT2D eigenvalue weighted by Crippen LogP contribution is 2.15. The van der Waals surface area contributed by atoms with E-state index in [-0.39, 0.29) is 12.7 Å². The molecule has 130 valence electrons. The van der Waals surface area contributed by atoms with E-state index in [1.807, 2.05) is 35.7 Å². The Balaban J connectivity index is 1.61. The van der Waals surface area contributed by atoms with Crippen LogP contribution in [-0.4, -0.2) is 59.2 Å². The number of carbonyl (C=O) groups excluding carboxylic acids is 1. The molecule has 1 saturated heterocycles. The summed E-state index contributed by atoms with van der Waals surface area (Å²) in [5.41, 5.74) is 1.13. The van der Waals surface area contributed by atoms with Crippen LogP contribution in [0.5, 0.6) is 0 Å². The van der Waals surface area contributed by atoms with Gasteiger partial charge >= 0.3 is 5.97 Å². The maximum absolute atomic E-state index is 12.4. The summed E-state index contributed by atoms with van der Waals surface area (Å²) in [5.74, 6) is 0.997. The van der Waals surface area contributed by atoms with Gasteiger partial charge in [-0.15, -0.1) is 0 Å². The quantitative estimate of drug-likeness (QED) is 0.786. The Morgan fingerprint density at radius 2 is 2.29 bits per heavy atom. The molecular formula is C18H25N3O3. The van der Waals surface area contributed by atoms with E-state index in [0.717, 1.165) is 31.0 Å². The van der Waals surface area contributed by atoms with Crippen LogP contribution in [0, 0.1) is 12.8 Å². The van der Waals surface area contributed by atoms with Crippen LogP contribution in [0.3, 0.4) is 0 Å². The average molecular weight is 331 g/mol. The van der Waals surface area contributed by atoms with E-state index in [0.29, 0.717) is 18.2 Å². The minimum atomic E-state index is -0.392. The van der Waals surface area contributed by atoms with E-state index in [4.69, 9.17) is 9.47 Å². The second kappa shape index (κ2) is 7.32. The molecule has 6 nitrogen and oxygen atoms in total. The molecule has 0 N–H and O–H groups in total. The number of carbonyl (C=O) groups is 1. The molecule has 3 rings (SSSR count). The number of ether oxygens (including phenoxy) is 2. The summed E-state index contributed by atoms with van der Waals surface area (Å²) in [4.78, 5) is 19.1. The van der Waals surface area contributed by atoms with Gasteiger partial charge in [0, 0.05) is 25.8 Å². The zero-order valence-electron chi connectivity index (χ0n) is 14.6. The van der Waals surface area contributed by atoms with Crippen LogP contribution in [0.15, 0.2) is 24.4 Å². The largest absolute Gasteiger partial charge is 0.458 e. The topological polar surface area (TPSA) is 56.1 Å². The Morgan fingerprint density at radius 1 is 1.46 bits per heavy atom. The lowest BCUT2D eigenvalue weighted by Crippen LogP contribution is -2.45. The van der Waals surface area contributed by atoms with Crippen LogP contribution >= 0.6 is 0 Å². The van der Waals surface area contributed by atoms with E-state index >= 15 is 0 Å². The Kier molecular flexibility index (Phi) is 5.16. The Labute approximate surface area is 142 Å². The smallest absolute Gasteiger partial charge is 0.359 e. The molecule has 1 aliphatic heterocycles. The molecule has 2 aromatic heterocycles. The molecule has 0 amide bonds. The second-order valence-corrected chi connectivity index (χ2v) is 6.71. The Hall–Kier alpha value is -1.92. The average Bonchev–Trinajstić information content (AvgIpc) is 2.90. The van der Waals surface area contributed by atoms with Crippen LogP contribution in [0.4, 0.5) is 0 Å². The molecule has 0 aromatic carbocycles. The molecule has 0 bridgehead atoms. The summed E-state index contributed by atoms with van der Waals surface area (Å²) in [6.07, 6.45) is 1.82. The second-order valence-electron chi connectivity index (χ2n) is 6.71. The van der Waals surface area contributed by atoms with Crippen LogP contribution in [0.1, 0.15) is 30.2 Å². The van der Waals surface area contributed by atoms with Crippen LogP contribution in [-0.2, 0) is 9.47 Å².